The predicted octanol–water partition coefficient (Wildman–Crippen LogP) is 4.95. The summed E-state index contributed by atoms with van der Waals surface area (Å²) >= 11 is 2.76. The van der Waals surface area contributed by atoms with Crippen molar-refractivity contribution in [2.75, 3.05) is 18.2 Å². The first-order valence-corrected chi connectivity index (χ1v) is 9.67. The van der Waals surface area contributed by atoms with E-state index in [0.717, 1.165) is 15.0 Å². The molecule has 0 atom stereocenters. The van der Waals surface area contributed by atoms with Crippen LogP contribution in [0.2, 0.25) is 0 Å². The molecule has 0 radical (unpaired) electrons. The van der Waals surface area contributed by atoms with Crippen LogP contribution in [0.1, 0.15) is 16.1 Å². The number of thiophene rings is 1. The quantitative estimate of drug-likeness (QED) is 0.479. The lowest BCUT2D eigenvalue weighted by molar-refractivity contribution is -0.115. The van der Waals surface area contributed by atoms with E-state index in [0.29, 0.717) is 16.3 Å². The van der Waals surface area contributed by atoms with Gasteiger partial charge in [-0.2, -0.15) is 0 Å². The predicted molar refractivity (Wildman–Crippen MR) is 104 cm³/mol. The zero-order valence-corrected chi connectivity index (χ0v) is 15.6. The highest BCUT2D eigenvalue weighted by Gasteiger charge is 2.20. The number of anilines is 1. The lowest BCUT2D eigenvalue weighted by atomic mass is 10.2. The number of ether oxygens (including phenoxy) is 1. The molecule has 26 heavy (non-hydrogen) atoms. The van der Waals surface area contributed by atoms with Crippen LogP contribution >= 0.6 is 23.1 Å². The number of hydrogen-bond donors (Lipinski definition) is 1. The Labute approximate surface area is 158 Å². The number of benzene rings is 2. The summed E-state index contributed by atoms with van der Waals surface area (Å²) in [5.41, 5.74) is 0.495. The van der Waals surface area contributed by atoms with Gasteiger partial charge in [0.25, 0.3) is 0 Å². The number of carbonyl (C=O) groups excluding carboxylic acids is 2. The molecule has 3 rings (SSSR count). The van der Waals surface area contributed by atoms with Crippen LogP contribution in [0, 0.1) is 5.82 Å². The van der Waals surface area contributed by atoms with E-state index in [1.54, 1.807) is 12.1 Å². The standard InChI is InChI=1S/C19H16FNO3S2/c1-24-19(23)18-17(14-4-2-3-5-15(14)26-18)21-16(22)10-11-25-13-8-6-12(20)7-9-13/h2-9H,10-11H2,1H3,(H,21,22). The molecule has 0 aliphatic carbocycles. The van der Waals surface area contributed by atoms with Crippen molar-refractivity contribution in [3.63, 3.8) is 0 Å². The molecule has 0 saturated carbocycles. The second-order valence-corrected chi connectivity index (χ2v) is 7.62. The minimum atomic E-state index is -0.470. The third-order valence-electron chi connectivity index (χ3n) is 3.64. The number of esters is 1. The molecule has 1 amide bonds. The lowest BCUT2D eigenvalue weighted by Gasteiger charge is -2.07. The van der Waals surface area contributed by atoms with Gasteiger partial charge in [-0.25, -0.2) is 9.18 Å². The molecular formula is C19H16FNO3S2. The first-order chi connectivity index (χ1) is 12.6. The molecule has 1 heterocycles. The first kappa shape index (κ1) is 18.4. The maximum absolute atomic E-state index is 12.9. The van der Waals surface area contributed by atoms with Gasteiger partial charge in [-0.3, -0.25) is 4.79 Å². The van der Waals surface area contributed by atoms with Crippen molar-refractivity contribution in [1.82, 2.24) is 0 Å². The summed E-state index contributed by atoms with van der Waals surface area (Å²) in [7, 11) is 1.32. The summed E-state index contributed by atoms with van der Waals surface area (Å²) in [5, 5.41) is 3.66. The number of rotatable bonds is 6. The Kier molecular flexibility index (Phi) is 5.90. The maximum Gasteiger partial charge on any atom is 0.350 e. The van der Waals surface area contributed by atoms with Gasteiger partial charge in [-0.1, -0.05) is 18.2 Å². The summed E-state index contributed by atoms with van der Waals surface area (Å²) in [4.78, 5) is 25.6. The third-order valence-corrected chi connectivity index (χ3v) is 5.81. The van der Waals surface area contributed by atoms with Crippen LogP contribution in [0.5, 0.6) is 0 Å². The average Bonchev–Trinajstić information content (AvgIpc) is 3.01. The van der Waals surface area contributed by atoms with Gasteiger partial charge in [-0.05, 0) is 30.3 Å². The number of thioether (sulfide) groups is 1. The highest BCUT2D eigenvalue weighted by molar-refractivity contribution is 7.99. The van der Waals surface area contributed by atoms with Crippen molar-refractivity contribution < 1.29 is 18.7 Å². The molecule has 7 heteroatoms. The highest BCUT2D eigenvalue weighted by atomic mass is 32.2. The van der Waals surface area contributed by atoms with E-state index in [1.165, 1.54) is 42.3 Å². The van der Waals surface area contributed by atoms with Crippen LogP contribution in [0.25, 0.3) is 10.1 Å². The number of fused-ring (bicyclic) bond motifs is 1. The van der Waals surface area contributed by atoms with Gasteiger partial charge in [-0.15, -0.1) is 23.1 Å². The molecule has 1 N–H and O–H groups in total. The molecule has 0 aliphatic heterocycles. The Morgan fingerprint density at radius 3 is 2.62 bits per heavy atom. The van der Waals surface area contributed by atoms with Gasteiger partial charge in [0.1, 0.15) is 10.7 Å². The normalized spacial score (nSPS) is 10.7. The third kappa shape index (κ3) is 4.23. The van der Waals surface area contributed by atoms with Crippen LogP contribution in [0.4, 0.5) is 10.1 Å². The molecule has 0 unspecified atom stereocenters. The van der Waals surface area contributed by atoms with E-state index >= 15 is 0 Å². The minimum Gasteiger partial charge on any atom is -0.465 e. The van der Waals surface area contributed by atoms with Gasteiger partial charge in [0.15, 0.2) is 0 Å². The van der Waals surface area contributed by atoms with Crippen molar-refractivity contribution in [1.29, 1.82) is 0 Å². The number of methoxy groups -OCH3 is 1. The van der Waals surface area contributed by atoms with E-state index in [9.17, 15) is 14.0 Å². The number of halogens is 1. The zero-order chi connectivity index (χ0) is 18.5. The van der Waals surface area contributed by atoms with Crippen LogP contribution in [-0.4, -0.2) is 24.7 Å². The van der Waals surface area contributed by atoms with Gasteiger partial charge in [0, 0.05) is 27.2 Å². The van der Waals surface area contributed by atoms with Crippen molar-refractivity contribution in [2.45, 2.75) is 11.3 Å². The molecule has 0 saturated heterocycles. The minimum absolute atomic E-state index is 0.187. The second kappa shape index (κ2) is 8.33. The van der Waals surface area contributed by atoms with E-state index in [2.05, 4.69) is 5.32 Å². The number of carbonyl (C=O) groups is 2. The Balaban J connectivity index is 1.68. The molecule has 2 aromatic carbocycles. The van der Waals surface area contributed by atoms with Crippen molar-refractivity contribution >= 4 is 50.7 Å². The average molecular weight is 389 g/mol. The Morgan fingerprint density at radius 1 is 1.15 bits per heavy atom. The van der Waals surface area contributed by atoms with Gasteiger partial charge in [0.05, 0.1) is 12.8 Å². The molecule has 0 bridgehead atoms. The monoisotopic (exact) mass is 389 g/mol. The number of amides is 1. The first-order valence-electron chi connectivity index (χ1n) is 7.86. The van der Waals surface area contributed by atoms with E-state index in [-0.39, 0.29) is 18.1 Å². The molecule has 0 aliphatic rings. The SMILES string of the molecule is COC(=O)c1sc2ccccc2c1NC(=O)CCSc1ccc(F)cc1. The van der Waals surface area contributed by atoms with Gasteiger partial charge >= 0.3 is 5.97 Å². The summed E-state index contributed by atoms with van der Waals surface area (Å²) in [6.45, 7) is 0. The number of hydrogen-bond acceptors (Lipinski definition) is 5. The Morgan fingerprint density at radius 2 is 1.88 bits per heavy atom. The lowest BCUT2D eigenvalue weighted by Crippen LogP contribution is -2.14. The van der Waals surface area contributed by atoms with Crippen molar-refractivity contribution in [2.24, 2.45) is 0 Å². The van der Waals surface area contributed by atoms with Gasteiger partial charge < -0.3 is 10.1 Å². The molecular weight excluding hydrogens is 373 g/mol. The molecule has 1 aromatic heterocycles. The molecule has 0 fully saturated rings. The number of nitrogens with one attached hydrogen (secondary N) is 1. The second-order valence-electron chi connectivity index (χ2n) is 5.39. The molecule has 4 nitrogen and oxygen atoms in total. The van der Waals surface area contributed by atoms with E-state index < -0.39 is 5.97 Å². The van der Waals surface area contributed by atoms with Crippen molar-refractivity contribution in [3.05, 3.63) is 59.2 Å². The van der Waals surface area contributed by atoms with Crippen molar-refractivity contribution in [3.8, 4) is 0 Å². The smallest absolute Gasteiger partial charge is 0.350 e. The summed E-state index contributed by atoms with van der Waals surface area (Å²) in [5.74, 6) is -0.394. The summed E-state index contributed by atoms with van der Waals surface area (Å²) in [6, 6.07) is 13.6. The van der Waals surface area contributed by atoms with Crippen LogP contribution in [-0.2, 0) is 9.53 Å². The summed E-state index contributed by atoms with van der Waals surface area (Å²) in [6.07, 6.45) is 0.271. The highest BCUT2D eigenvalue weighted by Crippen LogP contribution is 2.36. The molecule has 134 valence electrons. The molecule has 0 spiro atoms. The topological polar surface area (TPSA) is 55.4 Å². The van der Waals surface area contributed by atoms with Gasteiger partial charge in [0.2, 0.25) is 5.91 Å². The van der Waals surface area contributed by atoms with Crippen LogP contribution in [0.3, 0.4) is 0 Å². The van der Waals surface area contributed by atoms with Crippen LogP contribution in [0.15, 0.2) is 53.4 Å². The maximum atomic E-state index is 12.9. The zero-order valence-electron chi connectivity index (χ0n) is 14.0. The molecule has 3 aromatic rings. The van der Waals surface area contributed by atoms with Crippen LogP contribution < -0.4 is 5.32 Å². The summed E-state index contributed by atoms with van der Waals surface area (Å²) < 4.78 is 18.6. The van der Waals surface area contributed by atoms with E-state index in [1.807, 2.05) is 24.3 Å². The fourth-order valence-corrected chi connectivity index (χ4v) is 4.33. The van der Waals surface area contributed by atoms with E-state index in [4.69, 9.17) is 4.74 Å². The Hall–Kier alpha value is -2.38. The Bertz CT molecular complexity index is 938. The largest absolute Gasteiger partial charge is 0.465 e. The fourth-order valence-electron chi connectivity index (χ4n) is 2.40. The fraction of sp³-hybridized carbons (Fsp3) is 0.158.